The molecular weight excluding hydrogens is 517 g/mol. The Morgan fingerprint density at radius 1 is 1.03 bits per heavy atom. The fourth-order valence-electron chi connectivity index (χ4n) is 3.54. The van der Waals surface area contributed by atoms with Gasteiger partial charge in [-0.05, 0) is 25.0 Å². The van der Waals surface area contributed by atoms with Gasteiger partial charge >= 0.3 is 0 Å². The number of nitrogens with zero attached hydrogens (tertiary/aromatic N) is 5. The number of halogens is 1. The molecule has 2 aromatic rings. The van der Waals surface area contributed by atoms with Crippen LogP contribution in [0.15, 0.2) is 53.8 Å². The van der Waals surface area contributed by atoms with E-state index in [1.807, 2.05) is 31.3 Å². The summed E-state index contributed by atoms with van der Waals surface area (Å²) in [5, 5.41) is 6.77. The van der Waals surface area contributed by atoms with E-state index in [2.05, 4.69) is 54.5 Å². The quantitative estimate of drug-likeness (QED) is 0.203. The van der Waals surface area contributed by atoms with Gasteiger partial charge in [-0.2, -0.15) is 0 Å². The van der Waals surface area contributed by atoms with Crippen LogP contribution in [0, 0.1) is 0 Å². The fourth-order valence-corrected chi connectivity index (χ4v) is 3.54. The summed E-state index contributed by atoms with van der Waals surface area (Å²) in [4.78, 5) is 17.7. The first kappa shape index (κ1) is 26.3. The summed E-state index contributed by atoms with van der Waals surface area (Å²) in [7, 11) is 1.81. The fraction of sp³-hybridized carbons (Fsp3) is 0.522. The molecule has 32 heavy (non-hydrogen) atoms. The van der Waals surface area contributed by atoms with Gasteiger partial charge < -0.3 is 20.3 Å². The van der Waals surface area contributed by atoms with Crippen LogP contribution >= 0.6 is 24.0 Å². The Balaban J connectivity index is 0.00000363. The van der Waals surface area contributed by atoms with Crippen molar-refractivity contribution in [2.45, 2.75) is 19.4 Å². The predicted octanol–water partition coefficient (Wildman–Crippen LogP) is 2.55. The Bertz CT molecular complexity index is 770. The van der Waals surface area contributed by atoms with Crippen LogP contribution in [0.5, 0.6) is 0 Å². The summed E-state index contributed by atoms with van der Waals surface area (Å²) < 4.78 is 5.92. The average molecular weight is 553 g/mol. The molecule has 1 fully saturated rings. The zero-order valence-corrected chi connectivity index (χ0v) is 21.4. The SMILES string of the molecule is CN=C(NCCCOC(C)c1ccccc1)NCCN1CCN(c2ncccn2)CC1.I. The molecule has 1 aliphatic heterocycles. The summed E-state index contributed by atoms with van der Waals surface area (Å²) >= 11 is 0. The second kappa shape index (κ2) is 15.0. The Kier molecular flexibility index (Phi) is 12.3. The number of aliphatic imine (C=N–C) groups is 1. The number of nitrogens with one attached hydrogen (secondary N) is 2. The van der Waals surface area contributed by atoms with Crippen molar-refractivity contribution in [1.29, 1.82) is 0 Å². The van der Waals surface area contributed by atoms with E-state index >= 15 is 0 Å². The molecule has 9 heteroatoms. The molecule has 1 unspecified atom stereocenters. The van der Waals surface area contributed by atoms with Crippen molar-refractivity contribution >= 4 is 35.9 Å². The highest BCUT2D eigenvalue weighted by Crippen LogP contribution is 2.15. The molecule has 1 aliphatic rings. The van der Waals surface area contributed by atoms with Crippen LogP contribution in [0.4, 0.5) is 5.95 Å². The van der Waals surface area contributed by atoms with Gasteiger partial charge in [0.1, 0.15) is 0 Å². The minimum atomic E-state index is 0. The van der Waals surface area contributed by atoms with Gasteiger partial charge in [0.2, 0.25) is 5.95 Å². The molecule has 3 rings (SSSR count). The highest BCUT2D eigenvalue weighted by molar-refractivity contribution is 14.0. The van der Waals surface area contributed by atoms with E-state index in [4.69, 9.17) is 4.74 Å². The van der Waals surface area contributed by atoms with Gasteiger partial charge in [-0.3, -0.25) is 9.89 Å². The molecule has 0 spiro atoms. The van der Waals surface area contributed by atoms with E-state index in [9.17, 15) is 0 Å². The Morgan fingerprint density at radius 2 is 1.72 bits per heavy atom. The molecule has 1 aromatic heterocycles. The number of piperazine rings is 1. The summed E-state index contributed by atoms with van der Waals surface area (Å²) in [6.07, 6.45) is 4.65. The highest BCUT2D eigenvalue weighted by Gasteiger charge is 2.18. The van der Waals surface area contributed by atoms with Gasteiger partial charge in [0.25, 0.3) is 0 Å². The first-order valence-corrected chi connectivity index (χ1v) is 11.1. The highest BCUT2D eigenvalue weighted by atomic mass is 127. The van der Waals surface area contributed by atoms with Gasteiger partial charge in [0, 0.05) is 71.9 Å². The zero-order valence-electron chi connectivity index (χ0n) is 19.1. The smallest absolute Gasteiger partial charge is 0.225 e. The molecule has 1 saturated heterocycles. The lowest BCUT2D eigenvalue weighted by Gasteiger charge is -2.34. The second-order valence-corrected chi connectivity index (χ2v) is 7.58. The van der Waals surface area contributed by atoms with Gasteiger partial charge in [-0.15, -0.1) is 24.0 Å². The first-order chi connectivity index (χ1) is 15.3. The van der Waals surface area contributed by atoms with E-state index in [0.29, 0.717) is 0 Å². The number of aromatic nitrogens is 2. The van der Waals surface area contributed by atoms with E-state index in [-0.39, 0.29) is 30.1 Å². The Morgan fingerprint density at radius 3 is 2.41 bits per heavy atom. The molecule has 2 heterocycles. The summed E-state index contributed by atoms with van der Waals surface area (Å²) in [5.41, 5.74) is 1.21. The van der Waals surface area contributed by atoms with Crippen LogP contribution in [0.2, 0.25) is 0 Å². The van der Waals surface area contributed by atoms with Crippen LogP contribution < -0.4 is 15.5 Å². The molecule has 176 valence electrons. The third-order valence-electron chi connectivity index (χ3n) is 5.40. The molecule has 8 nitrogen and oxygen atoms in total. The molecule has 0 amide bonds. The van der Waals surface area contributed by atoms with E-state index in [0.717, 1.165) is 70.7 Å². The number of rotatable bonds is 10. The van der Waals surface area contributed by atoms with E-state index < -0.39 is 0 Å². The number of ether oxygens (including phenoxy) is 1. The lowest BCUT2D eigenvalue weighted by atomic mass is 10.1. The maximum Gasteiger partial charge on any atom is 0.225 e. The molecule has 1 aromatic carbocycles. The van der Waals surface area contributed by atoms with Crippen LogP contribution in [-0.4, -0.2) is 80.3 Å². The van der Waals surface area contributed by atoms with Crippen molar-refractivity contribution in [1.82, 2.24) is 25.5 Å². The average Bonchev–Trinajstić information content (AvgIpc) is 2.84. The summed E-state index contributed by atoms with van der Waals surface area (Å²) in [5.74, 6) is 1.67. The molecule has 0 saturated carbocycles. The summed E-state index contributed by atoms with van der Waals surface area (Å²) in [6.45, 7) is 9.44. The molecular formula is C23H36IN7O. The second-order valence-electron chi connectivity index (χ2n) is 7.58. The zero-order chi connectivity index (χ0) is 21.7. The van der Waals surface area contributed by atoms with Crippen molar-refractivity contribution in [3.8, 4) is 0 Å². The number of hydrogen-bond donors (Lipinski definition) is 2. The third-order valence-corrected chi connectivity index (χ3v) is 5.40. The maximum atomic E-state index is 5.92. The van der Waals surface area contributed by atoms with Crippen LogP contribution in [0.3, 0.4) is 0 Å². The van der Waals surface area contributed by atoms with E-state index in [1.165, 1.54) is 5.56 Å². The lowest BCUT2D eigenvalue weighted by Crippen LogP contribution is -2.49. The van der Waals surface area contributed by atoms with Crippen molar-refractivity contribution in [2.75, 3.05) is 64.4 Å². The topological polar surface area (TPSA) is 77.9 Å². The minimum absolute atomic E-state index is 0. The summed E-state index contributed by atoms with van der Waals surface area (Å²) in [6, 6.07) is 12.2. The van der Waals surface area contributed by atoms with Gasteiger partial charge in [0.05, 0.1) is 6.10 Å². The monoisotopic (exact) mass is 553 g/mol. The lowest BCUT2D eigenvalue weighted by molar-refractivity contribution is 0.0646. The molecule has 0 radical (unpaired) electrons. The maximum absolute atomic E-state index is 5.92. The van der Waals surface area contributed by atoms with Crippen LogP contribution in [-0.2, 0) is 4.74 Å². The first-order valence-electron chi connectivity index (χ1n) is 11.1. The van der Waals surface area contributed by atoms with Gasteiger partial charge in [0.15, 0.2) is 5.96 Å². The van der Waals surface area contributed by atoms with Crippen LogP contribution in [0.25, 0.3) is 0 Å². The van der Waals surface area contributed by atoms with Crippen molar-refractivity contribution < 1.29 is 4.74 Å². The molecule has 1 atom stereocenters. The number of benzene rings is 1. The van der Waals surface area contributed by atoms with Crippen LogP contribution in [0.1, 0.15) is 25.0 Å². The third kappa shape index (κ3) is 8.87. The van der Waals surface area contributed by atoms with Crippen molar-refractivity contribution in [3.05, 3.63) is 54.4 Å². The molecule has 2 N–H and O–H groups in total. The standard InChI is InChI=1S/C23H35N7O.HI/c1-20(21-8-4-3-5-9-21)31-19-7-12-25-22(24-2)26-13-14-29-15-17-30(18-16-29)23-27-10-6-11-28-23;/h3-6,8-11,20H,7,12-19H2,1-2H3,(H2,24,25,26);1H. The number of anilines is 1. The molecule has 0 bridgehead atoms. The minimum Gasteiger partial charge on any atom is -0.374 e. The predicted molar refractivity (Wildman–Crippen MR) is 141 cm³/mol. The van der Waals surface area contributed by atoms with Crippen molar-refractivity contribution in [3.63, 3.8) is 0 Å². The normalized spacial score (nSPS) is 15.7. The van der Waals surface area contributed by atoms with Gasteiger partial charge in [-0.1, -0.05) is 30.3 Å². The largest absolute Gasteiger partial charge is 0.374 e. The Labute approximate surface area is 208 Å². The van der Waals surface area contributed by atoms with Crippen molar-refractivity contribution in [2.24, 2.45) is 4.99 Å². The Hall–Kier alpha value is -1.98. The van der Waals surface area contributed by atoms with E-state index in [1.54, 1.807) is 12.4 Å². The number of hydrogen-bond acceptors (Lipinski definition) is 6. The number of guanidine groups is 1. The van der Waals surface area contributed by atoms with Gasteiger partial charge in [-0.25, -0.2) is 9.97 Å². The molecule has 0 aliphatic carbocycles.